The van der Waals surface area contributed by atoms with E-state index in [1.54, 1.807) is 36.4 Å². The Bertz CT molecular complexity index is 1860. The lowest BCUT2D eigenvalue weighted by atomic mass is 9.97. The third-order valence-electron chi connectivity index (χ3n) is 7.13. The number of carbonyl (C=O) groups is 2. The normalized spacial score (nSPS) is 12.2. The van der Waals surface area contributed by atoms with E-state index in [0.717, 1.165) is 22.7 Å². The zero-order valence-corrected chi connectivity index (χ0v) is 29.0. The maximum atomic E-state index is 12.4. The first-order chi connectivity index (χ1) is 24.2. The smallest absolute Gasteiger partial charge is 0.328 e. The van der Waals surface area contributed by atoms with E-state index in [-0.39, 0.29) is 30.2 Å². The number of nitrogen functional groups attached to an aromatic ring is 1. The van der Waals surface area contributed by atoms with Crippen molar-refractivity contribution in [2.24, 2.45) is 11.5 Å². The third-order valence-corrected chi connectivity index (χ3v) is 9.33. The van der Waals surface area contributed by atoms with Crippen molar-refractivity contribution in [1.82, 2.24) is 15.3 Å². The van der Waals surface area contributed by atoms with Crippen LogP contribution in [0.3, 0.4) is 0 Å². The molecule has 0 saturated heterocycles. The number of esters is 1. The molecule has 254 valence electrons. The molecule has 15 heteroatoms. The molecule has 0 spiro atoms. The van der Waals surface area contributed by atoms with Gasteiger partial charge in [-0.3, -0.25) is 4.79 Å². The van der Waals surface area contributed by atoms with Crippen LogP contribution in [-0.4, -0.2) is 53.7 Å². The summed E-state index contributed by atoms with van der Waals surface area (Å²) in [6.07, 6.45) is 1.83. The molecule has 12 nitrogen and oxygen atoms in total. The van der Waals surface area contributed by atoms with E-state index in [1.165, 1.54) is 30.0 Å². The number of carbonyl (C=O) groups excluding carboxylic acids is 2. The number of nitrogens with one attached hydrogen (secondary N) is 1. The number of aromatic nitrogens is 2. The van der Waals surface area contributed by atoms with Gasteiger partial charge in [0, 0.05) is 27.3 Å². The summed E-state index contributed by atoms with van der Waals surface area (Å²) in [6, 6.07) is 16.8. The molecule has 0 aliphatic rings. The van der Waals surface area contributed by atoms with Gasteiger partial charge in [0.1, 0.15) is 60.0 Å². The fourth-order valence-corrected chi connectivity index (χ4v) is 6.52. The monoisotopic (exact) mass is 719 g/mol. The van der Waals surface area contributed by atoms with Gasteiger partial charge in [-0.2, -0.15) is 10.5 Å². The number of amides is 1. The topological polar surface area (TPSA) is 216 Å². The number of thioether (sulfide) groups is 1. The first kappa shape index (κ1) is 35.6. The van der Waals surface area contributed by atoms with Crippen LogP contribution in [0.5, 0.6) is 5.75 Å². The van der Waals surface area contributed by atoms with Crippen molar-refractivity contribution in [2.45, 2.75) is 49.0 Å². The summed E-state index contributed by atoms with van der Waals surface area (Å²) in [7, 11) is 0. The van der Waals surface area contributed by atoms with Gasteiger partial charge in [0.15, 0.2) is 0 Å². The van der Waals surface area contributed by atoms with Crippen LogP contribution in [0, 0.1) is 22.7 Å². The Labute approximate surface area is 299 Å². The van der Waals surface area contributed by atoms with Gasteiger partial charge in [0.2, 0.25) is 5.91 Å². The van der Waals surface area contributed by atoms with Crippen molar-refractivity contribution >= 4 is 52.4 Å². The van der Waals surface area contributed by atoms with Crippen LogP contribution in [-0.2, 0) is 20.1 Å². The number of anilines is 1. The highest BCUT2D eigenvalue weighted by atomic mass is 35.5. The van der Waals surface area contributed by atoms with Crippen LogP contribution in [0.2, 0.25) is 6.43 Å². The number of pyridine rings is 1. The predicted octanol–water partition coefficient (Wildman–Crippen LogP) is 5.03. The zero-order chi connectivity index (χ0) is 36.0. The van der Waals surface area contributed by atoms with Crippen molar-refractivity contribution in [3.05, 3.63) is 75.8 Å². The number of nitriles is 2. The number of unbranched alkanes of at least 4 members (excludes halogenated alkanes) is 1. The minimum atomic E-state index is -0.917. The SMILES string of the molecule is [2H]N[C@@H](CCCCN)C(=O)N[C@@H](C)C(=O)OCCOc1ccc(-c2c(C#N)c(N)nc(SCc3csc(-c4ccc(Cl)cc4)n3)c2C#N)cc1. The molecule has 4 aromatic rings. The lowest BCUT2D eigenvalue weighted by Gasteiger charge is -2.17. The molecule has 0 saturated carbocycles. The highest BCUT2D eigenvalue weighted by molar-refractivity contribution is 7.98. The third kappa shape index (κ3) is 10.2. The number of rotatable bonds is 17. The zero-order valence-electron chi connectivity index (χ0n) is 27.6. The molecule has 2 aromatic carbocycles. The van der Waals surface area contributed by atoms with Crippen LogP contribution in [0.15, 0.2) is 58.9 Å². The molecule has 49 heavy (non-hydrogen) atoms. The molecule has 1 amide bonds. The maximum Gasteiger partial charge on any atom is 0.328 e. The molecule has 0 aliphatic carbocycles. The molecule has 7 N–H and O–H groups in total. The van der Waals surface area contributed by atoms with Crippen LogP contribution in [0.25, 0.3) is 21.7 Å². The summed E-state index contributed by atoms with van der Waals surface area (Å²) in [5, 5.41) is 26.4. The molecule has 2 atom stereocenters. The summed E-state index contributed by atoms with van der Waals surface area (Å²) in [5.41, 5.74) is 16.9. The quantitative estimate of drug-likeness (QED) is 0.0642. The average molecular weight is 720 g/mol. The van der Waals surface area contributed by atoms with E-state index >= 15 is 0 Å². The number of nitrogens with two attached hydrogens (primary N) is 3. The van der Waals surface area contributed by atoms with Crippen LogP contribution < -0.4 is 27.2 Å². The number of hydrogen-bond acceptors (Lipinski definition) is 13. The largest absolute Gasteiger partial charge is 0.490 e. The summed E-state index contributed by atoms with van der Waals surface area (Å²) in [5.74, 6) is -0.216. The van der Waals surface area contributed by atoms with E-state index in [9.17, 15) is 20.1 Å². The second-order valence-electron chi connectivity index (χ2n) is 10.7. The number of hydrogen-bond donors (Lipinski definition) is 4. The van der Waals surface area contributed by atoms with Crippen molar-refractivity contribution < 1.29 is 20.5 Å². The van der Waals surface area contributed by atoms with Gasteiger partial charge in [-0.1, -0.05) is 54.0 Å². The molecule has 0 radical (unpaired) electrons. The molecular weight excluding hydrogens is 684 g/mol. The van der Waals surface area contributed by atoms with Gasteiger partial charge in [0.05, 0.1) is 17.3 Å². The lowest BCUT2D eigenvalue weighted by molar-refractivity contribution is -0.148. The van der Waals surface area contributed by atoms with Gasteiger partial charge < -0.3 is 32.0 Å². The molecule has 4 rings (SSSR count). The summed E-state index contributed by atoms with van der Waals surface area (Å²) < 4.78 is 18.3. The molecular formula is C34H35ClN8O4S2. The van der Waals surface area contributed by atoms with Gasteiger partial charge >= 0.3 is 5.97 Å². The van der Waals surface area contributed by atoms with E-state index in [0.29, 0.717) is 52.1 Å². The van der Waals surface area contributed by atoms with E-state index in [4.69, 9.17) is 38.9 Å². The van der Waals surface area contributed by atoms with Crippen molar-refractivity contribution in [3.63, 3.8) is 0 Å². The summed E-state index contributed by atoms with van der Waals surface area (Å²) in [6.45, 7) is 1.96. The number of halogens is 1. The average Bonchev–Trinajstić information content (AvgIpc) is 3.60. The van der Waals surface area contributed by atoms with E-state index < -0.39 is 24.0 Å². The van der Waals surface area contributed by atoms with Crippen LogP contribution in [0.4, 0.5) is 5.82 Å². The van der Waals surface area contributed by atoms with Gasteiger partial charge in [-0.05, 0) is 56.1 Å². The number of nitrogens with zero attached hydrogens (tertiary/aromatic N) is 4. The van der Waals surface area contributed by atoms with E-state index in [2.05, 4.69) is 28.2 Å². The lowest BCUT2D eigenvalue weighted by Crippen LogP contribution is -2.47. The summed E-state index contributed by atoms with van der Waals surface area (Å²) in [4.78, 5) is 33.8. The molecule has 0 unspecified atom stereocenters. The highest BCUT2D eigenvalue weighted by Gasteiger charge is 2.22. The minimum absolute atomic E-state index is 0.00904. The first-order valence-corrected chi connectivity index (χ1v) is 17.5. The Balaban J connectivity index is 1.36. The maximum absolute atomic E-state index is 12.4. The fraction of sp³-hybridized carbons (Fsp3) is 0.294. The molecule has 2 heterocycles. The molecule has 0 aliphatic heterocycles. The Morgan fingerprint density at radius 2 is 1.78 bits per heavy atom. The van der Waals surface area contributed by atoms with Gasteiger partial charge in [0.25, 0.3) is 0 Å². The predicted molar refractivity (Wildman–Crippen MR) is 191 cm³/mol. The molecule has 2 aromatic heterocycles. The Kier molecular flexibility index (Phi) is 13.2. The van der Waals surface area contributed by atoms with Crippen molar-refractivity contribution in [2.75, 3.05) is 25.5 Å². The van der Waals surface area contributed by atoms with Crippen molar-refractivity contribution in [3.8, 4) is 39.6 Å². The number of ether oxygens (including phenoxy) is 2. The molecule has 0 bridgehead atoms. The minimum Gasteiger partial charge on any atom is -0.490 e. The fourth-order valence-electron chi connectivity index (χ4n) is 4.57. The van der Waals surface area contributed by atoms with Crippen LogP contribution >= 0.6 is 34.7 Å². The Morgan fingerprint density at radius 1 is 1.06 bits per heavy atom. The van der Waals surface area contributed by atoms with Crippen LogP contribution in [0.1, 0.15) is 43.0 Å². The second kappa shape index (κ2) is 18.2. The first-order valence-electron chi connectivity index (χ1n) is 15.7. The Hall–Kier alpha value is -4.70. The number of thiazole rings is 1. The van der Waals surface area contributed by atoms with Crippen molar-refractivity contribution in [1.29, 1.82) is 10.5 Å². The Morgan fingerprint density at radius 3 is 2.45 bits per heavy atom. The number of benzene rings is 2. The second-order valence-corrected chi connectivity index (χ2v) is 13.0. The summed E-state index contributed by atoms with van der Waals surface area (Å²) >= 11 is 8.81. The highest BCUT2D eigenvalue weighted by Crippen LogP contribution is 2.37. The standard InChI is InChI=1S/C34H35ClN8O4S2/c1-20(41-31(44)28(39)4-2-3-13-36)34(45)47-15-14-46-25-11-7-21(8-12-25)29-26(16-37)30(40)43-33(27(29)17-38)49-19-24-18-48-32(42-24)22-5-9-23(35)10-6-22/h5-12,18,20,28H,2-4,13-15,19,36,39H2,1H3,(H2,40,43)(H,41,44)/t20-,28-/m0/s1/i/hD. The molecule has 0 fully saturated rings. The van der Waals surface area contributed by atoms with E-state index in [1.807, 2.05) is 17.5 Å². The van der Waals surface area contributed by atoms with Gasteiger partial charge in [-0.15, -0.1) is 11.3 Å². The van der Waals surface area contributed by atoms with Gasteiger partial charge in [-0.25, -0.2) is 14.8 Å².